The van der Waals surface area contributed by atoms with E-state index < -0.39 is 8.07 Å². The van der Waals surface area contributed by atoms with Crippen LogP contribution in [0.25, 0.3) is 77.8 Å². The van der Waals surface area contributed by atoms with Crippen molar-refractivity contribution >= 4 is 72.4 Å². The predicted octanol–water partition coefficient (Wildman–Crippen LogP) is 11.4. The van der Waals surface area contributed by atoms with Gasteiger partial charge in [0, 0.05) is 33.2 Å². The molecule has 9 aromatic carbocycles. The Bertz CT molecular complexity index is 3350. The van der Waals surface area contributed by atoms with Gasteiger partial charge in [0.1, 0.15) is 5.82 Å². The smallest absolute Gasteiger partial charge is 0.237 e. The molecule has 5 heteroatoms. The lowest BCUT2D eigenvalue weighted by Crippen LogP contribution is -2.74. The molecule has 12 aromatic rings. The monoisotopic (exact) mass is 820 g/mol. The van der Waals surface area contributed by atoms with E-state index in [4.69, 9.17) is 9.97 Å². The summed E-state index contributed by atoms with van der Waals surface area (Å²) in [7, 11) is -2.96. The molecule has 3 heterocycles. The third kappa shape index (κ3) is 5.97. The number of nitrogens with zero attached hydrogens (tertiary/aromatic N) is 4. The maximum atomic E-state index is 5.57. The Morgan fingerprint density at radius 3 is 1.17 bits per heavy atom. The van der Waals surface area contributed by atoms with E-state index in [9.17, 15) is 0 Å². The van der Waals surface area contributed by atoms with Crippen LogP contribution in [0.5, 0.6) is 0 Å². The zero-order valence-corrected chi connectivity index (χ0v) is 35.4. The fourth-order valence-corrected chi connectivity index (χ4v) is 14.8. The highest BCUT2D eigenvalue weighted by atomic mass is 28.3. The van der Waals surface area contributed by atoms with Gasteiger partial charge in [-0.25, -0.2) is 4.98 Å². The summed E-state index contributed by atoms with van der Waals surface area (Å²) < 4.78 is 4.54. The fraction of sp³-hybridized carbons (Fsp3) is 0. The molecule has 0 saturated heterocycles. The van der Waals surface area contributed by atoms with Gasteiger partial charge in [0.2, 0.25) is 5.95 Å². The molecule has 3 aromatic heterocycles. The van der Waals surface area contributed by atoms with Crippen molar-refractivity contribution in [1.82, 2.24) is 19.1 Å². The van der Waals surface area contributed by atoms with Crippen LogP contribution < -0.4 is 20.7 Å². The van der Waals surface area contributed by atoms with E-state index >= 15 is 0 Å². The summed E-state index contributed by atoms with van der Waals surface area (Å²) in [5, 5.41) is 9.94. The minimum Gasteiger partial charge on any atom is -0.294 e. The largest absolute Gasteiger partial charge is 0.294 e. The molecule has 0 atom stereocenters. The minimum atomic E-state index is -2.96. The van der Waals surface area contributed by atoms with Crippen molar-refractivity contribution in [3.8, 4) is 34.2 Å². The molecule has 0 saturated carbocycles. The maximum Gasteiger partial charge on any atom is 0.237 e. The van der Waals surface area contributed by atoms with Crippen LogP contribution in [0.1, 0.15) is 0 Å². The molecule has 0 bridgehead atoms. The van der Waals surface area contributed by atoms with Crippen molar-refractivity contribution in [3.05, 3.63) is 243 Å². The van der Waals surface area contributed by atoms with E-state index in [-0.39, 0.29) is 0 Å². The number of para-hydroxylation sites is 4. The molecular formula is C58H40N4Si. The van der Waals surface area contributed by atoms with Gasteiger partial charge in [-0.2, -0.15) is 4.98 Å². The van der Waals surface area contributed by atoms with Crippen LogP contribution in [0, 0.1) is 0 Å². The SMILES string of the molecule is c1ccc(-c2cccc([Si](c3ccccc3)(c3ccccc3)c3cccc(-c4cc(-n5c6ccccc6c6ccccc65)nc(-n5c6ccccc6c6ccccc65)n4)c3)c2)cc1. The highest BCUT2D eigenvalue weighted by Gasteiger charge is 2.41. The summed E-state index contributed by atoms with van der Waals surface area (Å²) in [6.07, 6.45) is 0. The topological polar surface area (TPSA) is 35.6 Å². The quantitative estimate of drug-likeness (QED) is 0.113. The highest BCUT2D eigenvalue weighted by molar-refractivity contribution is 7.20. The number of fused-ring (bicyclic) bond motifs is 6. The molecule has 0 aliphatic heterocycles. The molecule has 0 radical (unpaired) electrons. The summed E-state index contributed by atoms with van der Waals surface area (Å²) in [5.41, 5.74) is 8.62. The lowest BCUT2D eigenvalue weighted by molar-refractivity contribution is 0.952. The van der Waals surface area contributed by atoms with Crippen LogP contribution in [0.2, 0.25) is 0 Å². The maximum absolute atomic E-state index is 5.57. The summed E-state index contributed by atoms with van der Waals surface area (Å²) in [6.45, 7) is 0. The fourth-order valence-electron chi connectivity index (χ4n) is 9.94. The van der Waals surface area contributed by atoms with Gasteiger partial charge in [0.15, 0.2) is 8.07 Å². The van der Waals surface area contributed by atoms with Crippen molar-refractivity contribution in [2.24, 2.45) is 0 Å². The van der Waals surface area contributed by atoms with Crippen LogP contribution >= 0.6 is 0 Å². The third-order valence-corrected chi connectivity index (χ3v) is 17.5. The van der Waals surface area contributed by atoms with Gasteiger partial charge in [-0.15, -0.1) is 0 Å². The Kier molecular flexibility index (Phi) is 8.80. The van der Waals surface area contributed by atoms with Gasteiger partial charge in [-0.3, -0.25) is 9.13 Å². The summed E-state index contributed by atoms with van der Waals surface area (Å²) in [5.74, 6) is 1.43. The second-order valence-corrected chi connectivity index (χ2v) is 20.0. The molecule has 296 valence electrons. The van der Waals surface area contributed by atoms with Crippen molar-refractivity contribution in [2.45, 2.75) is 0 Å². The molecule has 0 aliphatic carbocycles. The van der Waals surface area contributed by atoms with E-state index in [1.807, 2.05) is 0 Å². The average Bonchev–Trinajstić information content (AvgIpc) is 3.89. The van der Waals surface area contributed by atoms with Gasteiger partial charge in [0.25, 0.3) is 0 Å². The normalized spacial score (nSPS) is 11.8. The lowest BCUT2D eigenvalue weighted by atomic mass is 10.1. The molecule has 0 spiro atoms. The van der Waals surface area contributed by atoms with Crippen LogP contribution in [-0.4, -0.2) is 27.2 Å². The van der Waals surface area contributed by atoms with Crippen molar-refractivity contribution in [3.63, 3.8) is 0 Å². The zero-order valence-electron chi connectivity index (χ0n) is 34.4. The second kappa shape index (κ2) is 15.1. The molecule has 0 amide bonds. The molecule has 4 nitrogen and oxygen atoms in total. The van der Waals surface area contributed by atoms with E-state index in [0.717, 1.165) is 39.1 Å². The van der Waals surface area contributed by atoms with E-state index in [1.54, 1.807) is 0 Å². The first-order valence-electron chi connectivity index (χ1n) is 21.5. The summed E-state index contributed by atoms with van der Waals surface area (Å²) >= 11 is 0. The molecule has 0 fully saturated rings. The van der Waals surface area contributed by atoms with E-state index in [0.29, 0.717) is 5.95 Å². The Morgan fingerprint density at radius 2 is 0.667 bits per heavy atom. The number of rotatable bonds is 8. The van der Waals surface area contributed by atoms with Crippen molar-refractivity contribution < 1.29 is 0 Å². The van der Waals surface area contributed by atoms with Crippen molar-refractivity contribution in [2.75, 3.05) is 0 Å². The zero-order chi connectivity index (χ0) is 41.7. The standard InChI is InChI=1S/C58H40N4Si/c1-4-20-41(21-5-1)42-22-18-28-46(38-42)63(44-24-6-2-7-25-44,45-26-8-3-9-27-45)47-29-19-23-43(39-47)52-40-57(61-53-34-14-10-30-48(53)49-31-11-15-35-54(49)61)60-58(59-52)62-55-36-16-12-32-50(55)51-33-13-17-37-56(51)62/h1-40H. The van der Waals surface area contributed by atoms with Gasteiger partial charge in [0.05, 0.1) is 27.8 Å². The highest BCUT2D eigenvalue weighted by Crippen LogP contribution is 2.35. The number of benzene rings is 9. The van der Waals surface area contributed by atoms with Gasteiger partial charge in [-0.1, -0.05) is 212 Å². The number of aromatic nitrogens is 4. The molecule has 0 unspecified atom stereocenters. The molecule has 12 rings (SSSR count). The summed E-state index contributed by atoms with van der Waals surface area (Å²) in [6, 6.07) is 88.0. The number of hydrogen-bond acceptors (Lipinski definition) is 2. The molecular weight excluding hydrogens is 781 g/mol. The van der Waals surface area contributed by atoms with Crippen LogP contribution in [0.3, 0.4) is 0 Å². The third-order valence-electron chi connectivity index (χ3n) is 12.7. The van der Waals surface area contributed by atoms with E-state index in [2.05, 4.69) is 252 Å². The van der Waals surface area contributed by atoms with Gasteiger partial charge >= 0.3 is 0 Å². The van der Waals surface area contributed by atoms with Crippen LogP contribution in [-0.2, 0) is 0 Å². The predicted molar refractivity (Wildman–Crippen MR) is 265 cm³/mol. The van der Waals surface area contributed by atoms with Crippen LogP contribution in [0.4, 0.5) is 0 Å². The van der Waals surface area contributed by atoms with Crippen molar-refractivity contribution in [1.29, 1.82) is 0 Å². The molecule has 63 heavy (non-hydrogen) atoms. The lowest BCUT2D eigenvalue weighted by Gasteiger charge is -2.35. The summed E-state index contributed by atoms with van der Waals surface area (Å²) in [4.78, 5) is 11.1. The van der Waals surface area contributed by atoms with E-state index in [1.165, 1.54) is 53.4 Å². The Morgan fingerprint density at radius 1 is 0.286 bits per heavy atom. The van der Waals surface area contributed by atoms with Crippen LogP contribution in [0.15, 0.2) is 243 Å². The van der Waals surface area contributed by atoms with Gasteiger partial charge in [-0.05, 0) is 56.1 Å². The molecule has 0 aliphatic rings. The average molecular weight is 821 g/mol. The minimum absolute atomic E-state index is 0.623. The Balaban J connectivity index is 1.15. The second-order valence-electron chi connectivity index (χ2n) is 16.2. The molecule has 0 N–H and O–H groups in total. The first kappa shape index (κ1) is 36.7. The Labute approximate surface area is 366 Å². The van der Waals surface area contributed by atoms with Gasteiger partial charge < -0.3 is 0 Å². The Hall–Kier alpha value is -8.12. The first-order valence-corrected chi connectivity index (χ1v) is 23.5. The first-order chi connectivity index (χ1) is 31.3. The number of hydrogen-bond donors (Lipinski definition) is 0.